The van der Waals surface area contributed by atoms with Crippen LogP contribution in [0.5, 0.6) is 0 Å². The molecule has 1 aliphatic heterocycles. The minimum atomic E-state index is -3.57. The van der Waals surface area contributed by atoms with E-state index in [4.69, 9.17) is 0 Å². The molecule has 1 heterocycles. The van der Waals surface area contributed by atoms with Crippen molar-refractivity contribution in [3.05, 3.63) is 107 Å². The quantitative estimate of drug-likeness (QED) is 0.563. The number of carbonyl (C=O) groups excluding carboxylic acids is 1. The number of rotatable bonds is 5. The van der Waals surface area contributed by atoms with Gasteiger partial charge in [-0.3, -0.25) is 4.79 Å². The molecule has 0 bridgehead atoms. The Morgan fingerprint density at radius 1 is 0.875 bits per heavy atom. The van der Waals surface area contributed by atoms with Crippen LogP contribution in [0.3, 0.4) is 0 Å². The van der Waals surface area contributed by atoms with Crippen molar-refractivity contribution in [3.63, 3.8) is 0 Å². The second kappa shape index (κ2) is 9.65. The number of halogens is 1. The molecule has 0 radical (unpaired) electrons. The highest BCUT2D eigenvalue weighted by Gasteiger charge is 2.34. The molecule has 1 fully saturated rings. The summed E-state index contributed by atoms with van der Waals surface area (Å²) in [5, 5.41) is -0.930. The fraction of sp³-hybridized carbons (Fsp3) is 0.269. The lowest BCUT2D eigenvalue weighted by Crippen LogP contribution is -2.34. The van der Waals surface area contributed by atoms with Crippen LogP contribution in [0.1, 0.15) is 40.7 Å². The largest absolute Gasteiger partial charge is 0.342 e. The van der Waals surface area contributed by atoms with Gasteiger partial charge in [0, 0.05) is 31.0 Å². The zero-order valence-corrected chi connectivity index (χ0v) is 18.5. The van der Waals surface area contributed by atoms with Gasteiger partial charge in [0.25, 0.3) is 0 Å². The van der Waals surface area contributed by atoms with Gasteiger partial charge in [0.2, 0.25) is 5.91 Å². The summed E-state index contributed by atoms with van der Waals surface area (Å²) in [7, 11) is -3.57. The van der Waals surface area contributed by atoms with Gasteiger partial charge in [-0.1, -0.05) is 78.9 Å². The molecule has 0 N–H and O–H groups in total. The molecule has 0 spiro atoms. The molecule has 0 aromatic heterocycles. The van der Waals surface area contributed by atoms with E-state index in [1.54, 1.807) is 17.0 Å². The highest BCUT2D eigenvalue weighted by molar-refractivity contribution is 7.91. The molecule has 4 nitrogen and oxygen atoms in total. The van der Waals surface area contributed by atoms with E-state index in [0.29, 0.717) is 0 Å². The first-order valence-corrected chi connectivity index (χ1v) is 12.5. The molecule has 166 valence electrons. The molecule has 1 atom stereocenters. The first-order valence-electron chi connectivity index (χ1n) is 10.8. The lowest BCUT2D eigenvalue weighted by Gasteiger charge is -2.24. The highest BCUT2D eigenvalue weighted by atomic mass is 32.2. The number of sulfone groups is 1. The summed E-state index contributed by atoms with van der Waals surface area (Å²) in [6.07, 6.45) is 0.439. The standard InChI is InChI=1S/C26H26FNO3S/c27-24-14-8-7-13-22(24)25-15-16-28(17-18-32(25,30)31)26(29)19-23(20-9-3-1-4-10-20)21-11-5-2-6-12-21/h1-14,23,25H,15-19H2. The van der Waals surface area contributed by atoms with E-state index < -0.39 is 20.9 Å². The maximum Gasteiger partial charge on any atom is 0.223 e. The Hall–Kier alpha value is -2.99. The van der Waals surface area contributed by atoms with Gasteiger partial charge in [-0.15, -0.1) is 0 Å². The SMILES string of the molecule is O=C(CC(c1ccccc1)c1ccccc1)N1CCC(c2ccccc2F)S(=O)(=O)CC1. The molecule has 4 rings (SSSR count). The minimum absolute atomic E-state index is 0.0907. The van der Waals surface area contributed by atoms with Crippen LogP contribution in [0, 0.1) is 5.82 Å². The van der Waals surface area contributed by atoms with E-state index in [-0.39, 0.29) is 49.1 Å². The van der Waals surface area contributed by atoms with Crippen LogP contribution in [0.4, 0.5) is 4.39 Å². The van der Waals surface area contributed by atoms with Crippen LogP contribution in [0.15, 0.2) is 84.9 Å². The Balaban J connectivity index is 1.55. The number of hydrogen-bond acceptors (Lipinski definition) is 3. The molecule has 32 heavy (non-hydrogen) atoms. The maximum absolute atomic E-state index is 14.3. The van der Waals surface area contributed by atoms with Crippen LogP contribution in [-0.2, 0) is 14.6 Å². The van der Waals surface area contributed by atoms with Gasteiger partial charge in [0.05, 0.1) is 11.0 Å². The van der Waals surface area contributed by atoms with Crippen molar-refractivity contribution in [2.45, 2.75) is 24.0 Å². The average molecular weight is 452 g/mol. The fourth-order valence-electron chi connectivity index (χ4n) is 4.38. The summed E-state index contributed by atoms with van der Waals surface area (Å²) in [5.41, 5.74) is 2.27. The van der Waals surface area contributed by atoms with E-state index in [2.05, 4.69) is 0 Å². The molecule has 1 amide bonds. The van der Waals surface area contributed by atoms with Gasteiger partial charge in [-0.2, -0.15) is 0 Å². The Morgan fingerprint density at radius 3 is 2.03 bits per heavy atom. The summed E-state index contributed by atoms with van der Waals surface area (Å²) in [6, 6.07) is 25.7. The third-order valence-electron chi connectivity index (χ3n) is 6.13. The van der Waals surface area contributed by atoms with Crippen LogP contribution < -0.4 is 0 Å². The maximum atomic E-state index is 14.3. The second-order valence-electron chi connectivity index (χ2n) is 8.12. The topological polar surface area (TPSA) is 54.5 Å². The van der Waals surface area contributed by atoms with Crippen molar-refractivity contribution in [1.29, 1.82) is 0 Å². The lowest BCUT2D eigenvalue weighted by atomic mass is 9.88. The average Bonchev–Trinajstić information content (AvgIpc) is 2.97. The number of hydrogen-bond donors (Lipinski definition) is 0. The van der Waals surface area contributed by atoms with Crippen LogP contribution >= 0.6 is 0 Å². The molecule has 0 aliphatic carbocycles. The van der Waals surface area contributed by atoms with E-state index in [0.717, 1.165) is 11.1 Å². The summed E-state index contributed by atoms with van der Waals surface area (Å²) in [5.74, 6) is -0.896. The summed E-state index contributed by atoms with van der Waals surface area (Å²) < 4.78 is 40.1. The third kappa shape index (κ3) is 4.91. The normalized spacial score (nSPS) is 18.3. The molecule has 0 saturated carbocycles. The van der Waals surface area contributed by atoms with Gasteiger partial charge in [0.15, 0.2) is 9.84 Å². The van der Waals surface area contributed by atoms with Crippen LogP contribution in [-0.4, -0.2) is 38.1 Å². The Morgan fingerprint density at radius 2 is 1.44 bits per heavy atom. The van der Waals surface area contributed by atoms with E-state index in [1.807, 2.05) is 60.7 Å². The molecule has 1 saturated heterocycles. The monoisotopic (exact) mass is 451 g/mol. The first kappa shape index (κ1) is 22.2. The molecule has 1 aliphatic rings. The van der Waals surface area contributed by atoms with Crippen LogP contribution in [0.25, 0.3) is 0 Å². The van der Waals surface area contributed by atoms with Crippen molar-refractivity contribution in [3.8, 4) is 0 Å². The Bertz CT molecular complexity index is 1130. The molecule has 1 unspecified atom stereocenters. The summed E-state index contributed by atoms with van der Waals surface area (Å²) >= 11 is 0. The van der Waals surface area contributed by atoms with Crippen molar-refractivity contribution in [2.75, 3.05) is 18.8 Å². The number of benzene rings is 3. The smallest absolute Gasteiger partial charge is 0.223 e. The van der Waals surface area contributed by atoms with E-state index >= 15 is 0 Å². The highest BCUT2D eigenvalue weighted by Crippen LogP contribution is 2.33. The zero-order chi connectivity index (χ0) is 22.6. The molecule has 6 heteroatoms. The molecule has 3 aromatic rings. The minimum Gasteiger partial charge on any atom is -0.342 e. The zero-order valence-electron chi connectivity index (χ0n) is 17.7. The predicted molar refractivity (Wildman–Crippen MR) is 123 cm³/mol. The van der Waals surface area contributed by atoms with Gasteiger partial charge in [-0.05, 0) is 23.6 Å². The van der Waals surface area contributed by atoms with E-state index in [1.165, 1.54) is 12.1 Å². The van der Waals surface area contributed by atoms with Crippen molar-refractivity contribution in [1.82, 2.24) is 4.90 Å². The molecule has 3 aromatic carbocycles. The van der Waals surface area contributed by atoms with Crippen molar-refractivity contribution >= 4 is 15.7 Å². The van der Waals surface area contributed by atoms with Crippen LogP contribution in [0.2, 0.25) is 0 Å². The number of carbonyl (C=O) groups is 1. The number of amides is 1. The van der Waals surface area contributed by atoms with Crippen molar-refractivity contribution < 1.29 is 17.6 Å². The van der Waals surface area contributed by atoms with E-state index in [9.17, 15) is 17.6 Å². The molecular weight excluding hydrogens is 425 g/mol. The summed E-state index contributed by atoms with van der Waals surface area (Å²) in [4.78, 5) is 14.9. The number of nitrogens with zero attached hydrogens (tertiary/aromatic N) is 1. The van der Waals surface area contributed by atoms with Gasteiger partial charge >= 0.3 is 0 Å². The first-order chi connectivity index (χ1) is 15.5. The Labute approximate surface area is 188 Å². The fourth-order valence-corrected chi connectivity index (χ4v) is 6.18. The van der Waals surface area contributed by atoms with Gasteiger partial charge in [-0.25, -0.2) is 12.8 Å². The third-order valence-corrected chi connectivity index (χ3v) is 8.24. The lowest BCUT2D eigenvalue weighted by molar-refractivity contribution is -0.131. The summed E-state index contributed by atoms with van der Waals surface area (Å²) in [6.45, 7) is 0.412. The molecular formula is C26H26FNO3S. The van der Waals surface area contributed by atoms with Crippen molar-refractivity contribution in [2.24, 2.45) is 0 Å². The van der Waals surface area contributed by atoms with Gasteiger partial charge in [0.1, 0.15) is 5.82 Å². The van der Waals surface area contributed by atoms with Gasteiger partial charge < -0.3 is 4.90 Å². The second-order valence-corrected chi connectivity index (χ2v) is 10.4. The predicted octanol–water partition coefficient (Wildman–Crippen LogP) is 4.74. The Kier molecular flexibility index (Phi) is 6.70.